The Kier molecular flexibility index (Phi) is 5.79. The number of carbonyl (C=O) groups excluding carboxylic acids is 4. The van der Waals surface area contributed by atoms with Gasteiger partial charge in [-0.1, -0.05) is 49.6 Å². The second kappa shape index (κ2) is 8.08. The zero-order valence-corrected chi connectivity index (χ0v) is 15.9. The minimum atomic E-state index is -0.939. The molecule has 7 nitrogen and oxygen atoms in total. The van der Waals surface area contributed by atoms with Gasteiger partial charge in [0.1, 0.15) is 6.54 Å². The molecule has 0 bridgehead atoms. The summed E-state index contributed by atoms with van der Waals surface area (Å²) in [5.74, 6) is -2.15. The molecule has 8 heteroatoms. The van der Waals surface area contributed by atoms with Gasteiger partial charge in [0.25, 0.3) is 0 Å². The predicted octanol–water partition coefficient (Wildman–Crippen LogP) is 2.33. The van der Waals surface area contributed by atoms with Gasteiger partial charge in [-0.05, 0) is 30.4 Å². The first-order valence-electron chi connectivity index (χ1n) is 9.09. The van der Waals surface area contributed by atoms with Crippen LogP contribution in [0.4, 0.5) is 4.79 Å². The Morgan fingerprint density at radius 1 is 1.15 bits per heavy atom. The molecule has 144 valence electrons. The number of carbonyl (C=O) groups is 4. The summed E-state index contributed by atoms with van der Waals surface area (Å²) in [7, 11) is 0. The molecule has 3 rings (SSSR count). The Hall–Kier alpha value is -2.41. The van der Waals surface area contributed by atoms with Crippen LogP contribution in [0.25, 0.3) is 0 Å². The van der Waals surface area contributed by atoms with Crippen molar-refractivity contribution in [2.24, 2.45) is 5.92 Å². The van der Waals surface area contributed by atoms with E-state index in [0.717, 1.165) is 34.6 Å². The largest absolute Gasteiger partial charge is 0.350 e. The standard InChI is InChI=1S/C19H22ClN3O4/c1-12-6-2-5-9-15(12)23-18(26)17(25)22(19(23)27)11-16(24)21-10-13-7-3-4-8-14(13)20/h3-4,7-8,12,15H,2,5-6,9-11H2,1H3,(H,21,24)/t12-,15+/m0/s1. The van der Waals surface area contributed by atoms with E-state index in [9.17, 15) is 19.2 Å². The molecule has 2 aliphatic rings. The highest BCUT2D eigenvalue weighted by atomic mass is 35.5. The number of rotatable bonds is 5. The predicted molar refractivity (Wildman–Crippen MR) is 98.7 cm³/mol. The molecule has 0 aromatic heterocycles. The fourth-order valence-corrected chi connectivity index (χ4v) is 3.87. The van der Waals surface area contributed by atoms with Crippen LogP contribution in [-0.2, 0) is 20.9 Å². The number of benzene rings is 1. The maximum atomic E-state index is 12.6. The van der Waals surface area contributed by atoms with E-state index in [1.807, 2.05) is 6.92 Å². The highest BCUT2D eigenvalue weighted by Crippen LogP contribution is 2.31. The first kappa shape index (κ1) is 19.4. The molecule has 5 amide bonds. The molecule has 1 saturated heterocycles. The number of nitrogens with one attached hydrogen (secondary N) is 1. The molecule has 0 radical (unpaired) electrons. The molecule has 1 aliphatic heterocycles. The second-order valence-electron chi connectivity index (χ2n) is 7.05. The molecule has 1 aromatic rings. The lowest BCUT2D eigenvalue weighted by Crippen LogP contribution is -2.47. The van der Waals surface area contributed by atoms with E-state index >= 15 is 0 Å². The van der Waals surface area contributed by atoms with Gasteiger partial charge in [-0.3, -0.25) is 19.3 Å². The fraction of sp³-hybridized carbons (Fsp3) is 0.474. The molecule has 1 N–H and O–H groups in total. The van der Waals surface area contributed by atoms with Crippen LogP contribution in [0.1, 0.15) is 38.2 Å². The van der Waals surface area contributed by atoms with Crippen LogP contribution in [0.15, 0.2) is 24.3 Å². The lowest BCUT2D eigenvalue weighted by Gasteiger charge is -2.34. The van der Waals surface area contributed by atoms with E-state index in [-0.39, 0.29) is 18.5 Å². The Labute approximate surface area is 162 Å². The van der Waals surface area contributed by atoms with Gasteiger partial charge < -0.3 is 5.32 Å². The summed E-state index contributed by atoms with van der Waals surface area (Å²) >= 11 is 6.04. The van der Waals surface area contributed by atoms with Crippen molar-refractivity contribution in [2.45, 2.75) is 45.2 Å². The Balaban J connectivity index is 1.63. The molecule has 2 atom stereocenters. The minimum absolute atomic E-state index is 0.147. The quantitative estimate of drug-likeness (QED) is 0.616. The fourth-order valence-electron chi connectivity index (χ4n) is 3.67. The van der Waals surface area contributed by atoms with Gasteiger partial charge in [-0.15, -0.1) is 0 Å². The number of urea groups is 1. The first-order chi connectivity index (χ1) is 12.9. The van der Waals surface area contributed by atoms with E-state index in [1.165, 1.54) is 0 Å². The van der Waals surface area contributed by atoms with Crippen molar-refractivity contribution in [2.75, 3.05) is 6.54 Å². The van der Waals surface area contributed by atoms with Crippen molar-refractivity contribution in [3.05, 3.63) is 34.9 Å². The summed E-state index contributed by atoms with van der Waals surface area (Å²) in [6, 6.07) is 6.07. The summed E-state index contributed by atoms with van der Waals surface area (Å²) in [5.41, 5.74) is 0.723. The van der Waals surface area contributed by atoms with Crippen LogP contribution >= 0.6 is 11.6 Å². The molecule has 2 fully saturated rings. The summed E-state index contributed by atoms with van der Waals surface area (Å²) < 4.78 is 0. The van der Waals surface area contributed by atoms with Crippen LogP contribution in [-0.4, -0.2) is 46.1 Å². The van der Waals surface area contributed by atoms with Gasteiger partial charge in [-0.25, -0.2) is 9.69 Å². The molecular weight excluding hydrogens is 370 g/mol. The highest BCUT2D eigenvalue weighted by Gasteiger charge is 2.49. The monoisotopic (exact) mass is 391 g/mol. The maximum absolute atomic E-state index is 12.6. The smallest absolute Gasteiger partial charge is 0.334 e. The van der Waals surface area contributed by atoms with Crippen molar-refractivity contribution >= 4 is 35.4 Å². The average Bonchev–Trinajstić information content (AvgIpc) is 2.85. The van der Waals surface area contributed by atoms with Crippen LogP contribution in [0, 0.1) is 5.92 Å². The number of amides is 5. The summed E-state index contributed by atoms with van der Waals surface area (Å²) in [6.45, 7) is 1.67. The average molecular weight is 392 g/mol. The first-order valence-corrected chi connectivity index (χ1v) is 9.47. The van der Waals surface area contributed by atoms with E-state index in [4.69, 9.17) is 11.6 Å². The molecule has 0 unspecified atom stereocenters. The van der Waals surface area contributed by atoms with Gasteiger partial charge in [0.2, 0.25) is 5.91 Å². The van der Waals surface area contributed by atoms with Gasteiger partial charge in [0, 0.05) is 17.6 Å². The van der Waals surface area contributed by atoms with Gasteiger partial charge >= 0.3 is 17.8 Å². The number of nitrogens with zero attached hydrogens (tertiary/aromatic N) is 2. The third-order valence-corrected chi connectivity index (χ3v) is 5.59. The van der Waals surface area contributed by atoms with Gasteiger partial charge in [0.15, 0.2) is 0 Å². The van der Waals surface area contributed by atoms with E-state index in [0.29, 0.717) is 11.4 Å². The Morgan fingerprint density at radius 2 is 1.85 bits per heavy atom. The topological polar surface area (TPSA) is 86.8 Å². The third-order valence-electron chi connectivity index (χ3n) is 5.22. The summed E-state index contributed by atoms with van der Waals surface area (Å²) in [6.07, 6.45) is 3.57. The molecule has 1 saturated carbocycles. The number of hydrogen-bond donors (Lipinski definition) is 1. The maximum Gasteiger partial charge on any atom is 0.334 e. The minimum Gasteiger partial charge on any atom is -0.350 e. The molecule has 27 heavy (non-hydrogen) atoms. The number of hydrogen-bond acceptors (Lipinski definition) is 4. The molecule has 1 heterocycles. The highest BCUT2D eigenvalue weighted by molar-refractivity contribution is 6.45. The van der Waals surface area contributed by atoms with Crippen molar-refractivity contribution in [1.82, 2.24) is 15.1 Å². The summed E-state index contributed by atoms with van der Waals surface area (Å²) in [5, 5.41) is 3.14. The van der Waals surface area contributed by atoms with Crippen LogP contribution < -0.4 is 5.32 Å². The van der Waals surface area contributed by atoms with Crippen molar-refractivity contribution < 1.29 is 19.2 Å². The van der Waals surface area contributed by atoms with Crippen LogP contribution in [0.5, 0.6) is 0 Å². The molecule has 1 aromatic carbocycles. The normalized spacial score (nSPS) is 23.1. The van der Waals surface area contributed by atoms with Gasteiger partial charge in [0.05, 0.1) is 0 Å². The zero-order chi connectivity index (χ0) is 19.6. The number of imide groups is 2. The molecule has 1 aliphatic carbocycles. The number of halogens is 1. The van der Waals surface area contributed by atoms with E-state index in [2.05, 4.69) is 5.32 Å². The lowest BCUT2D eigenvalue weighted by molar-refractivity contribution is -0.145. The third kappa shape index (κ3) is 3.98. The van der Waals surface area contributed by atoms with Crippen molar-refractivity contribution in [1.29, 1.82) is 0 Å². The van der Waals surface area contributed by atoms with Crippen LogP contribution in [0.2, 0.25) is 5.02 Å². The van der Waals surface area contributed by atoms with E-state index < -0.39 is 30.3 Å². The molecular formula is C19H22ClN3O4. The zero-order valence-electron chi connectivity index (χ0n) is 15.1. The van der Waals surface area contributed by atoms with Crippen LogP contribution in [0.3, 0.4) is 0 Å². The second-order valence-corrected chi connectivity index (χ2v) is 7.45. The van der Waals surface area contributed by atoms with Crippen molar-refractivity contribution in [3.63, 3.8) is 0 Å². The Morgan fingerprint density at radius 3 is 2.56 bits per heavy atom. The van der Waals surface area contributed by atoms with Gasteiger partial charge in [-0.2, -0.15) is 0 Å². The van der Waals surface area contributed by atoms with E-state index in [1.54, 1.807) is 24.3 Å². The lowest BCUT2D eigenvalue weighted by atomic mass is 9.85. The van der Waals surface area contributed by atoms with Crippen molar-refractivity contribution in [3.8, 4) is 0 Å². The SMILES string of the molecule is C[C@H]1CCCC[C@H]1N1C(=O)C(=O)N(CC(=O)NCc2ccccc2Cl)C1=O. The summed E-state index contributed by atoms with van der Waals surface area (Å²) in [4.78, 5) is 51.2. The molecule has 0 spiro atoms. The Bertz CT molecular complexity index is 782.